The number of rotatable bonds is 28. The van der Waals surface area contributed by atoms with Crippen LogP contribution >= 0.6 is 0 Å². The van der Waals surface area contributed by atoms with Gasteiger partial charge in [0.2, 0.25) is 0 Å². The molecule has 2 N–H and O–H groups in total. The molecule has 0 unspecified atom stereocenters. The fraction of sp³-hybridized carbons (Fsp3) is 0.939. The number of carbonyl (C=O) groups excluding carboxylic acids is 2. The number of amides is 2. The van der Waals surface area contributed by atoms with Crippen molar-refractivity contribution in [2.45, 2.75) is 162 Å². The standard InChI is InChI=1S/C33H68N4O2/c1-7-9-11-13-15-17-19-21-23-25-28-32(38)34-36(3,4)30-27-31-37(5,6)35-33(39)29-26-24-22-20-18-16-14-12-10-8-2/h7-31H2,1-6H3/p+2. The fourth-order valence-corrected chi connectivity index (χ4v) is 5.31. The number of hydrogen-bond donors (Lipinski definition) is 2. The average Bonchev–Trinajstić information content (AvgIpc) is 2.85. The molecule has 0 aromatic rings. The van der Waals surface area contributed by atoms with Gasteiger partial charge in [-0.25, -0.2) is 20.0 Å². The third-order valence-corrected chi connectivity index (χ3v) is 7.80. The van der Waals surface area contributed by atoms with Gasteiger partial charge in [-0.3, -0.25) is 9.59 Å². The minimum absolute atomic E-state index is 0.151. The molecule has 6 heteroatoms. The number of nitrogens with zero attached hydrogens (tertiary/aromatic N) is 2. The molecular formula is C33H70N4O2+2. The minimum atomic E-state index is 0.151. The highest BCUT2D eigenvalue weighted by atomic mass is 16.2. The maximum absolute atomic E-state index is 12.4. The Morgan fingerprint density at radius 1 is 0.410 bits per heavy atom. The summed E-state index contributed by atoms with van der Waals surface area (Å²) in [4.78, 5) is 24.9. The molecule has 0 aliphatic heterocycles. The highest BCUT2D eigenvalue weighted by Crippen LogP contribution is 2.13. The second-order valence-electron chi connectivity index (χ2n) is 13.1. The van der Waals surface area contributed by atoms with Crippen molar-refractivity contribution in [3.8, 4) is 0 Å². The molecule has 0 atom stereocenters. The maximum Gasteiger partial charge on any atom is 0.264 e. The Labute approximate surface area is 244 Å². The van der Waals surface area contributed by atoms with Crippen LogP contribution in [0, 0.1) is 0 Å². The Hall–Kier alpha value is -1.14. The lowest BCUT2D eigenvalue weighted by Crippen LogP contribution is -2.58. The van der Waals surface area contributed by atoms with Gasteiger partial charge < -0.3 is 0 Å². The van der Waals surface area contributed by atoms with Gasteiger partial charge in [0.05, 0.1) is 34.6 Å². The van der Waals surface area contributed by atoms with E-state index in [0.717, 1.165) is 45.2 Å². The molecule has 0 saturated carbocycles. The molecule has 39 heavy (non-hydrogen) atoms. The van der Waals surface area contributed by atoms with Crippen molar-refractivity contribution in [3.63, 3.8) is 0 Å². The SMILES string of the molecule is CCCCCCCCCCCCC(=O)N[N+](C)(C)CCC[N+](C)(C)NC(=O)CCCCCCCCCCCC. The predicted molar refractivity (Wildman–Crippen MR) is 168 cm³/mol. The second-order valence-corrected chi connectivity index (χ2v) is 13.1. The Bertz CT molecular complexity index is 542. The molecule has 0 rings (SSSR count). The Morgan fingerprint density at radius 3 is 0.949 bits per heavy atom. The normalized spacial score (nSPS) is 12.1. The molecule has 0 radical (unpaired) electrons. The van der Waals surface area contributed by atoms with E-state index in [1.807, 2.05) is 0 Å². The van der Waals surface area contributed by atoms with E-state index in [-0.39, 0.29) is 11.8 Å². The van der Waals surface area contributed by atoms with Gasteiger partial charge in [0.25, 0.3) is 11.8 Å². The van der Waals surface area contributed by atoms with E-state index in [1.165, 1.54) is 103 Å². The van der Waals surface area contributed by atoms with Crippen molar-refractivity contribution < 1.29 is 18.8 Å². The third-order valence-electron chi connectivity index (χ3n) is 7.80. The molecule has 0 aromatic heterocycles. The van der Waals surface area contributed by atoms with Crippen LogP contribution < -0.4 is 10.9 Å². The van der Waals surface area contributed by atoms with Crippen molar-refractivity contribution in [1.82, 2.24) is 10.9 Å². The van der Waals surface area contributed by atoms with Crippen molar-refractivity contribution in [2.24, 2.45) is 0 Å². The molecule has 0 bridgehead atoms. The molecule has 0 heterocycles. The molecule has 0 aromatic carbocycles. The first kappa shape index (κ1) is 37.9. The van der Waals surface area contributed by atoms with Crippen molar-refractivity contribution in [1.29, 1.82) is 0 Å². The second kappa shape index (κ2) is 24.6. The molecule has 0 saturated heterocycles. The lowest BCUT2D eigenvalue weighted by molar-refractivity contribution is -0.943. The van der Waals surface area contributed by atoms with E-state index in [0.29, 0.717) is 22.0 Å². The van der Waals surface area contributed by atoms with E-state index < -0.39 is 0 Å². The topological polar surface area (TPSA) is 58.2 Å². The summed E-state index contributed by atoms with van der Waals surface area (Å²) in [5, 5.41) is 0. The zero-order valence-corrected chi connectivity index (χ0v) is 27.4. The fourth-order valence-electron chi connectivity index (χ4n) is 5.31. The van der Waals surface area contributed by atoms with Gasteiger partial charge in [-0.05, 0) is 12.8 Å². The zero-order valence-electron chi connectivity index (χ0n) is 27.4. The van der Waals surface area contributed by atoms with Crippen LogP contribution in [0.4, 0.5) is 0 Å². The molecule has 0 fully saturated rings. The highest BCUT2D eigenvalue weighted by Gasteiger charge is 2.23. The maximum atomic E-state index is 12.4. The lowest BCUT2D eigenvalue weighted by Gasteiger charge is -2.32. The summed E-state index contributed by atoms with van der Waals surface area (Å²) in [5.41, 5.74) is 6.36. The number of carbonyl (C=O) groups is 2. The van der Waals surface area contributed by atoms with Crippen LogP contribution in [0.5, 0.6) is 0 Å². The third kappa shape index (κ3) is 26.8. The summed E-state index contributed by atoms with van der Waals surface area (Å²) in [6, 6.07) is 0. The van der Waals surface area contributed by atoms with Gasteiger partial charge in [-0.2, -0.15) is 0 Å². The molecular weight excluding hydrogens is 484 g/mol. The summed E-state index contributed by atoms with van der Waals surface area (Å²) in [6.45, 7) is 6.22. The first-order chi connectivity index (χ1) is 18.6. The smallest absolute Gasteiger partial charge is 0.264 e. The van der Waals surface area contributed by atoms with Gasteiger partial charge in [0, 0.05) is 12.8 Å². The van der Waals surface area contributed by atoms with E-state index in [2.05, 4.69) is 52.9 Å². The molecule has 6 nitrogen and oxygen atoms in total. The van der Waals surface area contributed by atoms with Gasteiger partial charge in [-0.15, -0.1) is 0 Å². The Balaban J connectivity index is 3.84. The highest BCUT2D eigenvalue weighted by molar-refractivity contribution is 5.74. The first-order valence-electron chi connectivity index (χ1n) is 16.9. The van der Waals surface area contributed by atoms with E-state index in [1.54, 1.807) is 0 Å². The van der Waals surface area contributed by atoms with Gasteiger partial charge in [-0.1, -0.05) is 129 Å². The molecule has 2 amide bonds. The summed E-state index contributed by atoms with van der Waals surface area (Å²) < 4.78 is 0.978. The van der Waals surface area contributed by atoms with Crippen LogP contribution in [0.15, 0.2) is 0 Å². The van der Waals surface area contributed by atoms with Crippen LogP contribution in [0.1, 0.15) is 162 Å². The summed E-state index contributed by atoms with van der Waals surface area (Å²) in [6.07, 6.45) is 27.9. The van der Waals surface area contributed by atoms with E-state index in [4.69, 9.17) is 0 Å². The summed E-state index contributed by atoms with van der Waals surface area (Å²) in [7, 11) is 8.22. The van der Waals surface area contributed by atoms with E-state index >= 15 is 0 Å². The van der Waals surface area contributed by atoms with Gasteiger partial charge in [0.1, 0.15) is 13.1 Å². The number of quaternary nitrogens is 2. The van der Waals surface area contributed by atoms with Crippen LogP contribution in [0.2, 0.25) is 0 Å². The van der Waals surface area contributed by atoms with E-state index in [9.17, 15) is 9.59 Å². The quantitative estimate of drug-likeness (QED) is 0.0581. The number of hydrogen-bond acceptors (Lipinski definition) is 2. The van der Waals surface area contributed by atoms with Crippen LogP contribution in [0.25, 0.3) is 0 Å². The minimum Gasteiger partial charge on any atom is -0.270 e. The molecule has 0 aliphatic carbocycles. The monoisotopic (exact) mass is 555 g/mol. The van der Waals surface area contributed by atoms with Gasteiger partial charge >= 0.3 is 0 Å². The van der Waals surface area contributed by atoms with Crippen molar-refractivity contribution in [3.05, 3.63) is 0 Å². The first-order valence-corrected chi connectivity index (χ1v) is 16.9. The molecule has 0 spiro atoms. The number of nitrogens with one attached hydrogen (secondary N) is 2. The predicted octanol–water partition coefficient (Wildman–Crippen LogP) is 8.21. The van der Waals surface area contributed by atoms with Crippen molar-refractivity contribution in [2.75, 3.05) is 41.3 Å². The largest absolute Gasteiger partial charge is 0.270 e. The number of unbranched alkanes of at least 4 members (excludes halogenated alkanes) is 18. The molecule has 232 valence electrons. The van der Waals surface area contributed by atoms with Crippen LogP contribution in [0.3, 0.4) is 0 Å². The Morgan fingerprint density at radius 2 is 0.667 bits per heavy atom. The van der Waals surface area contributed by atoms with Crippen LogP contribution in [-0.2, 0) is 9.59 Å². The van der Waals surface area contributed by atoms with Crippen LogP contribution in [-0.4, -0.2) is 62.3 Å². The Kier molecular flexibility index (Phi) is 23.9. The zero-order chi connectivity index (χ0) is 29.2. The average molecular weight is 555 g/mol. The summed E-state index contributed by atoms with van der Waals surface area (Å²) >= 11 is 0. The summed E-state index contributed by atoms with van der Waals surface area (Å²) in [5.74, 6) is 0.302. The molecule has 0 aliphatic rings. The van der Waals surface area contributed by atoms with Crippen molar-refractivity contribution >= 4 is 11.8 Å². The van der Waals surface area contributed by atoms with Gasteiger partial charge in [0.15, 0.2) is 0 Å². The lowest BCUT2D eigenvalue weighted by atomic mass is 10.1.